The zero-order chi connectivity index (χ0) is 10.7. The van der Waals surface area contributed by atoms with Crippen molar-refractivity contribution in [1.29, 1.82) is 0 Å². The van der Waals surface area contributed by atoms with E-state index >= 15 is 0 Å². The van der Waals surface area contributed by atoms with Crippen molar-refractivity contribution in [3.8, 4) is 11.5 Å². The highest BCUT2D eigenvalue weighted by molar-refractivity contribution is 5.40. The predicted molar refractivity (Wildman–Crippen MR) is 47.3 cm³/mol. The van der Waals surface area contributed by atoms with Gasteiger partial charge in [-0.25, -0.2) is 8.78 Å². The second-order valence-electron chi connectivity index (χ2n) is 2.98. The third-order valence-corrected chi connectivity index (χ3v) is 1.84. The fourth-order valence-corrected chi connectivity index (χ4v) is 1.16. The second kappa shape index (κ2) is 4.23. The molecular weight excluding hydrogens is 192 g/mol. The van der Waals surface area contributed by atoms with Gasteiger partial charge in [-0.1, -0.05) is 0 Å². The number of hydrogen-bond acceptors (Lipinski definition) is 3. The van der Waals surface area contributed by atoms with E-state index in [1.165, 1.54) is 18.2 Å². The van der Waals surface area contributed by atoms with Crippen LogP contribution in [0.25, 0.3) is 0 Å². The molecule has 0 aliphatic carbocycles. The Morgan fingerprint density at radius 1 is 1.29 bits per heavy atom. The lowest BCUT2D eigenvalue weighted by Gasteiger charge is -2.13. The van der Waals surface area contributed by atoms with Crippen LogP contribution in [0.3, 0.4) is 0 Å². The number of phenolic OH excluding ortho intramolecular Hbond substituents is 2. The monoisotopic (exact) mass is 203 g/mol. The van der Waals surface area contributed by atoms with E-state index in [9.17, 15) is 13.9 Å². The van der Waals surface area contributed by atoms with Gasteiger partial charge in [0.1, 0.15) is 11.5 Å². The van der Waals surface area contributed by atoms with E-state index in [0.717, 1.165) is 0 Å². The first-order valence-electron chi connectivity index (χ1n) is 4.06. The topological polar surface area (TPSA) is 66.5 Å². The number of benzene rings is 1. The van der Waals surface area contributed by atoms with Crippen molar-refractivity contribution in [1.82, 2.24) is 0 Å². The highest BCUT2D eigenvalue weighted by atomic mass is 19.3. The first kappa shape index (κ1) is 10.7. The maximum Gasteiger partial charge on any atom is 0.240 e. The highest BCUT2D eigenvalue weighted by Gasteiger charge is 2.16. The van der Waals surface area contributed by atoms with Crippen LogP contribution in [-0.4, -0.2) is 16.6 Å². The fraction of sp³-hybridized carbons (Fsp3) is 0.333. The molecule has 0 saturated carbocycles. The molecule has 0 aliphatic rings. The molecule has 0 radical (unpaired) electrons. The van der Waals surface area contributed by atoms with Gasteiger partial charge in [-0.15, -0.1) is 0 Å². The summed E-state index contributed by atoms with van der Waals surface area (Å²) >= 11 is 0. The lowest BCUT2D eigenvalue weighted by molar-refractivity contribution is 0.128. The van der Waals surface area contributed by atoms with E-state index in [4.69, 9.17) is 10.8 Å². The van der Waals surface area contributed by atoms with Gasteiger partial charge in [-0.05, 0) is 18.2 Å². The Morgan fingerprint density at radius 3 is 2.50 bits per heavy atom. The van der Waals surface area contributed by atoms with Gasteiger partial charge in [0.05, 0.1) is 0 Å². The smallest absolute Gasteiger partial charge is 0.240 e. The number of alkyl halides is 2. The Hall–Kier alpha value is -1.36. The van der Waals surface area contributed by atoms with Gasteiger partial charge in [0.25, 0.3) is 0 Å². The largest absolute Gasteiger partial charge is 0.508 e. The summed E-state index contributed by atoms with van der Waals surface area (Å²) in [5, 5.41) is 18.3. The molecule has 4 N–H and O–H groups in total. The molecule has 1 atom stereocenters. The summed E-state index contributed by atoms with van der Waals surface area (Å²) in [4.78, 5) is 0. The molecule has 5 heteroatoms. The molecule has 0 bridgehead atoms. The van der Waals surface area contributed by atoms with Crippen LogP contribution in [0.2, 0.25) is 0 Å². The average molecular weight is 203 g/mol. The van der Waals surface area contributed by atoms with Crippen LogP contribution in [-0.2, 0) is 0 Å². The summed E-state index contributed by atoms with van der Waals surface area (Å²) in [6.07, 6.45) is -3.08. The molecule has 0 saturated heterocycles. The molecular formula is C9H11F2NO2. The number of halogens is 2. The summed E-state index contributed by atoms with van der Waals surface area (Å²) in [7, 11) is 0. The molecule has 1 aromatic carbocycles. The van der Waals surface area contributed by atoms with E-state index in [2.05, 4.69) is 0 Å². The number of rotatable bonds is 3. The molecule has 0 aromatic heterocycles. The lowest BCUT2D eigenvalue weighted by atomic mass is 10.0. The third-order valence-electron chi connectivity index (χ3n) is 1.84. The zero-order valence-electron chi connectivity index (χ0n) is 7.32. The minimum Gasteiger partial charge on any atom is -0.508 e. The van der Waals surface area contributed by atoms with Gasteiger partial charge in [-0.2, -0.15) is 0 Å². The molecule has 1 rings (SSSR count). The maximum absolute atomic E-state index is 12.0. The first-order valence-corrected chi connectivity index (χ1v) is 4.06. The summed E-state index contributed by atoms with van der Waals surface area (Å²) in [5.41, 5.74) is 5.54. The van der Waals surface area contributed by atoms with Gasteiger partial charge in [-0.3, -0.25) is 0 Å². The lowest BCUT2D eigenvalue weighted by Crippen LogP contribution is -2.14. The van der Waals surface area contributed by atoms with E-state index in [1.54, 1.807) is 0 Å². The van der Waals surface area contributed by atoms with Crippen molar-refractivity contribution < 1.29 is 19.0 Å². The van der Waals surface area contributed by atoms with Crippen molar-refractivity contribution in [3.05, 3.63) is 23.8 Å². The van der Waals surface area contributed by atoms with Gasteiger partial charge in [0, 0.05) is 18.0 Å². The van der Waals surface area contributed by atoms with Crippen molar-refractivity contribution in [2.24, 2.45) is 5.73 Å². The van der Waals surface area contributed by atoms with Gasteiger partial charge in [0.15, 0.2) is 0 Å². The number of nitrogens with two attached hydrogens (primary N) is 1. The SMILES string of the molecule is N[C@H](CC(F)F)c1cc(O)ccc1O. The first-order chi connectivity index (χ1) is 6.50. The molecule has 3 nitrogen and oxygen atoms in total. The Morgan fingerprint density at radius 2 is 1.93 bits per heavy atom. The van der Waals surface area contributed by atoms with E-state index in [0.29, 0.717) is 0 Å². The number of phenols is 2. The van der Waals surface area contributed by atoms with Crippen LogP contribution in [0.15, 0.2) is 18.2 Å². The summed E-state index contributed by atoms with van der Waals surface area (Å²) in [6.45, 7) is 0. The van der Waals surface area contributed by atoms with E-state index in [-0.39, 0.29) is 17.1 Å². The molecule has 0 fully saturated rings. The van der Waals surface area contributed by atoms with E-state index in [1.807, 2.05) is 0 Å². The third kappa shape index (κ3) is 2.56. The summed E-state index contributed by atoms with van der Waals surface area (Å²) in [6, 6.07) is 2.69. The quantitative estimate of drug-likeness (QED) is 0.655. The molecule has 0 aliphatic heterocycles. The molecule has 0 unspecified atom stereocenters. The highest BCUT2D eigenvalue weighted by Crippen LogP contribution is 2.29. The Bertz CT molecular complexity index is 318. The van der Waals surface area contributed by atoms with Crippen LogP contribution in [0.4, 0.5) is 8.78 Å². The van der Waals surface area contributed by atoms with Crippen molar-refractivity contribution in [2.45, 2.75) is 18.9 Å². The van der Waals surface area contributed by atoms with Crippen LogP contribution in [0.5, 0.6) is 11.5 Å². The maximum atomic E-state index is 12.0. The molecule has 78 valence electrons. The summed E-state index contributed by atoms with van der Waals surface area (Å²) in [5.74, 6) is -0.293. The number of aromatic hydroxyl groups is 2. The number of hydrogen-bond donors (Lipinski definition) is 3. The second-order valence-corrected chi connectivity index (χ2v) is 2.98. The molecule has 0 spiro atoms. The van der Waals surface area contributed by atoms with Gasteiger partial charge in [0.2, 0.25) is 6.43 Å². The summed E-state index contributed by atoms with van der Waals surface area (Å²) < 4.78 is 24.0. The van der Waals surface area contributed by atoms with Gasteiger partial charge >= 0.3 is 0 Å². The van der Waals surface area contributed by atoms with E-state index < -0.39 is 18.9 Å². The van der Waals surface area contributed by atoms with Crippen molar-refractivity contribution >= 4 is 0 Å². The van der Waals surface area contributed by atoms with Gasteiger partial charge < -0.3 is 15.9 Å². The minimum atomic E-state index is -2.54. The standard InChI is InChI=1S/C9H11F2NO2/c10-9(11)4-7(12)6-3-5(13)1-2-8(6)14/h1-3,7,9,13-14H,4,12H2/t7-/m1/s1. The minimum absolute atomic E-state index is 0.109. The molecule has 14 heavy (non-hydrogen) atoms. The Labute approximate surface area is 79.8 Å². The predicted octanol–water partition coefficient (Wildman–Crippen LogP) is 1.75. The average Bonchev–Trinajstić information content (AvgIpc) is 2.08. The van der Waals surface area contributed by atoms with Crippen LogP contribution in [0.1, 0.15) is 18.0 Å². The Balaban J connectivity index is 2.88. The normalized spacial score (nSPS) is 13.1. The van der Waals surface area contributed by atoms with Crippen molar-refractivity contribution in [2.75, 3.05) is 0 Å². The molecule has 0 heterocycles. The molecule has 0 amide bonds. The fourth-order valence-electron chi connectivity index (χ4n) is 1.16. The van der Waals surface area contributed by atoms with Crippen LogP contribution < -0.4 is 5.73 Å². The van der Waals surface area contributed by atoms with Crippen LogP contribution >= 0.6 is 0 Å². The Kier molecular flexibility index (Phi) is 3.24. The molecule has 1 aromatic rings. The van der Waals surface area contributed by atoms with Crippen LogP contribution in [0, 0.1) is 0 Å². The van der Waals surface area contributed by atoms with Crippen molar-refractivity contribution in [3.63, 3.8) is 0 Å². The zero-order valence-corrected chi connectivity index (χ0v) is 7.32.